The summed E-state index contributed by atoms with van der Waals surface area (Å²) in [6, 6.07) is 0.673. The van der Waals surface area contributed by atoms with Gasteiger partial charge in [-0.05, 0) is 51.7 Å². The van der Waals surface area contributed by atoms with Crippen LogP contribution in [0.1, 0.15) is 44.9 Å². The van der Waals surface area contributed by atoms with Crippen molar-refractivity contribution in [1.82, 2.24) is 9.80 Å². The second-order valence-electron chi connectivity index (χ2n) is 6.45. The zero-order chi connectivity index (χ0) is 13.8. The molecular weight excluding hydrogens is 274 g/mol. The lowest BCUT2D eigenvalue weighted by atomic mass is 9.82. The highest BCUT2D eigenvalue weighted by Crippen LogP contribution is 2.27. The molecule has 2 rings (SSSR count). The zero-order valence-corrected chi connectivity index (χ0v) is 13.7. The Bertz CT molecular complexity index is 305. The van der Waals surface area contributed by atoms with Crippen molar-refractivity contribution in [3.05, 3.63) is 0 Å². The summed E-state index contributed by atoms with van der Waals surface area (Å²) in [5.74, 6) is 0.715. The fourth-order valence-corrected chi connectivity index (χ4v) is 3.44. The molecule has 0 radical (unpaired) electrons. The first kappa shape index (κ1) is 17.7. The molecule has 2 unspecified atom stereocenters. The van der Waals surface area contributed by atoms with E-state index in [1.54, 1.807) is 0 Å². The third-order valence-corrected chi connectivity index (χ3v) is 5.03. The van der Waals surface area contributed by atoms with E-state index in [9.17, 15) is 4.79 Å². The number of rotatable bonds is 3. The van der Waals surface area contributed by atoms with Crippen LogP contribution in [0, 0.1) is 5.92 Å². The molecular formula is C15H30ClN3O. The Morgan fingerprint density at radius 2 is 1.80 bits per heavy atom. The number of piperidine rings is 1. The number of hydrogen-bond donors (Lipinski definition) is 1. The molecule has 5 heteroatoms. The van der Waals surface area contributed by atoms with Crippen molar-refractivity contribution in [3.8, 4) is 0 Å². The molecule has 1 amide bonds. The highest BCUT2D eigenvalue weighted by Gasteiger charge is 2.28. The smallest absolute Gasteiger partial charge is 0.222 e. The van der Waals surface area contributed by atoms with Gasteiger partial charge < -0.3 is 15.5 Å². The van der Waals surface area contributed by atoms with E-state index in [0.717, 1.165) is 38.8 Å². The quantitative estimate of drug-likeness (QED) is 0.866. The molecule has 20 heavy (non-hydrogen) atoms. The predicted octanol–water partition coefficient (Wildman–Crippen LogP) is 1.87. The Morgan fingerprint density at radius 1 is 1.20 bits per heavy atom. The van der Waals surface area contributed by atoms with Crippen LogP contribution in [0.25, 0.3) is 0 Å². The Labute approximate surface area is 129 Å². The second-order valence-corrected chi connectivity index (χ2v) is 6.45. The summed E-state index contributed by atoms with van der Waals surface area (Å²) in [4.78, 5) is 16.7. The Morgan fingerprint density at radius 3 is 2.40 bits per heavy atom. The van der Waals surface area contributed by atoms with Gasteiger partial charge in [-0.2, -0.15) is 0 Å². The predicted molar refractivity (Wildman–Crippen MR) is 85.1 cm³/mol. The van der Waals surface area contributed by atoms with E-state index in [1.807, 2.05) is 11.9 Å². The first-order valence-corrected chi connectivity index (χ1v) is 7.77. The van der Waals surface area contributed by atoms with Crippen molar-refractivity contribution < 1.29 is 4.79 Å². The van der Waals surface area contributed by atoms with Crippen LogP contribution in [-0.4, -0.2) is 55.0 Å². The first-order chi connectivity index (χ1) is 9.08. The molecule has 0 bridgehead atoms. The molecule has 4 nitrogen and oxygen atoms in total. The zero-order valence-electron chi connectivity index (χ0n) is 12.9. The standard InChI is InChI=1S/C15H29N3O.ClH/c1-17-9-7-13(8-10-17)18(2)15(19)11-12-5-3-4-6-14(12)16;/h12-14H,3-11,16H2,1-2H3;1H. The van der Waals surface area contributed by atoms with Crippen molar-refractivity contribution in [3.63, 3.8) is 0 Å². The summed E-state index contributed by atoms with van der Waals surface area (Å²) in [5.41, 5.74) is 6.15. The average Bonchev–Trinajstić information content (AvgIpc) is 2.41. The molecule has 118 valence electrons. The van der Waals surface area contributed by atoms with Gasteiger partial charge in [0.05, 0.1) is 0 Å². The maximum Gasteiger partial charge on any atom is 0.222 e. The number of hydrogen-bond acceptors (Lipinski definition) is 3. The minimum absolute atomic E-state index is 0. The Hall–Kier alpha value is -0.320. The number of carbonyl (C=O) groups is 1. The van der Waals surface area contributed by atoms with E-state index in [2.05, 4.69) is 11.9 Å². The lowest BCUT2D eigenvalue weighted by molar-refractivity contribution is -0.134. The topological polar surface area (TPSA) is 49.6 Å². The molecule has 2 atom stereocenters. The van der Waals surface area contributed by atoms with Crippen molar-refractivity contribution in [2.24, 2.45) is 11.7 Å². The molecule has 2 fully saturated rings. The van der Waals surface area contributed by atoms with Gasteiger partial charge in [0.15, 0.2) is 0 Å². The lowest BCUT2D eigenvalue weighted by Crippen LogP contribution is -2.46. The monoisotopic (exact) mass is 303 g/mol. The van der Waals surface area contributed by atoms with Gasteiger partial charge in [0.1, 0.15) is 0 Å². The van der Waals surface area contributed by atoms with E-state index < -0.39 is 0 Å². The molecule has 0 aromatic heterocycles. The number of likely N-dealkylation sites (tertiary alicyclic amines) is 1. The molecule has 2 N–H and O–H groups in total. The maximum atomic E-state index is 12.4. The summed E-state index contributed by atoms with van der Waals surface area (Å²) in [5, 5.41) is 0. The average molecular weight is 304 g/mol. The van der Waals surface area contributed by atoms with Crippen LogP contribution in [0.15, 0.2) is 0 Å². The summed E-state index contributed by atoms with van der Waals surface area (Å²) in [7, 11) is 4.13. The molecule has 0 aromatic carbocycles. The number of nitrogens with zero attached hydrogens (tertiary/aromatic N) is 2. The molecule has 2 aliphatic rings. The van der Waals surface area contributed by atoms with E-state index in [1.165, 1.54) is 12.8 Å². The van der Waals surface area contributed by atoms with Crippen LogP contribution in [0.4, 0.5) is 0 Å². The van der Waals surface area contributed by atoms with Gasteiger partial charge in [0.2, 0.25) is 5.91 Å². The molecule has 1 saturated heterocycles. The van der Waals surface area contributed by atoms with E-state index in [-0.39, 0.29) is 18.4 Å². The van der Waals surface area contributed by atoms with Crippen molar-refractivity contribution in [1.29, 1.82) is 0 Å². The summed E-state index contributed by atoms with van der Waals surface area (Å²) >= 11 is 0. The van der Waals surface area contributed by atoms with Gasteiger partial charge in [-0.1, -0.05) is 12.8 Å². The van der Waals surface area contributed by atoms with Gasteiger partial charge in [0.25, 0.3) is 0 Å². The van der Waals surface area contributed by atoms with E-state index in [4.69, 9.17) is 5.73 Å². The van der Waals surface area contributed by atoms with Crippen LogP contribution in [-0.2, 0) is 4.79 Å². The summed E-state index contributed by atoms with van der Waals surface area (Å²) in [6.45, 7) is 2.20. The van der Waals surface area contributed by atoms with Crippen molar-refractivity contribution in [2.45, 2.75) is 57.0 Å². The van der Waals surface area contributed by atoms with Gasteiger partial charge in [-0.3, -0.25) is 4.79 Å². The number of halogens is 1. The molecule has 1 aliphatic heterocycles. The first-order valence-electron chi connectivity index (χ1n) is 7.77. The fraction of sp³-hybridized carbons (Fsp3) is 0.933. The minimum Gasteiger partial charge on any atom is -0.343 e. The summed E-state index contributed by atoms with van der Waals surface area (Å²) in [6.07, 6.45) is 7.57. The van der Waals surface area contributed by atoms with Crippen LogP contribution in [0.3, 0.4) is 0 Å². The van der Waals surface area contributed by atoms with Crippen LogP contribution >= 0.6 is 12.4 Å². The summed E-state index contributed by atoms with van der Waals surface area (Å²) < 4.78 is 0. The van der Waals surface area contributed by atoms with Crippen LogP contribution in [0.2, 0.25) is 0 Å². The SMILES string of the molecule is CN1CCC(N(C)C(=O)CC2CCCCC2N)CC1.Cl. The van der Waals surface area contributed by atoms with Gasteiger partial charge >= 0.3 is 0 Å². The third kappa shape index (κ3) is 4.61. The van der Waals surface area contributed by atoms with E-state index in [0.29, 0.717) is 24.3 Å². The van der Waals surface area contributed by atoms with Crippen LogP contribution < -0.4 is 5.73 Å². The Kier molecular flexibility index (Phi) is 7.27. The number of amides is 1. The highest BCUT2D eigenvalue weighted by atomic mass is 35.5. The van der Waals surface area contributed by atoms with Gasteiger partial charge in [-0.15, -0.1) is 12.4 Å². The largest absolute Gasteiger partial charge is 0.343 e. The molecule has 0 spiro atoms. The number of carbonyl (C=O) groups excluding carboxylic acids is 1. The molecule has 1 heterocycles. The van der Waals surface area contributed by atoms with E-state index >= 15 is 0 Å². The van der Waals surface area contributed by atoms with Crippen molar-refractivity contribution >= 4 is 18.3 Å². The van der Waals surface area contributed by atoms with Crippen molar-refractivity contribution in [2.75, 3.05) is 27.2 Å². The second kappa shape index (κ2) is 8.20. The molecule has 1 aliphatic carbocycles. The molecule has 1 saturated carbocycles. The number of nitrogens with two attached hydrogens (primary N) is 1. The van der Waals surface area contributed by atoms with Gasteiger partial charge in [-0.25, -0.2) is 0 Å². The lowest BCUT2D eigenvalue weighted by Gasteiger charge is -2.36. The maximum absolute atomic E-state index is 12.4. The normalized spacial score (nSPS) is 28.8. The molecule has 0 aromatic rings. The fourth-order valence-electron chi connectivity index (χ4n) is 3.44. The van der Waals surface area contributed by atoms with Crippen LogP contribution in [0.5, 0.6) is 0 Å². The highest BCUT2D eigenvalue weighted by molar-refractivity contribution is 5.85. The Balaban J connectivity index is 0.00000200. The third-order valence-electron chi connectivity index (χ3n) is 5.03. The van der Waals surface area contributed by atoms with Gasteiger partial charge in [0, 0.05) is 25.6 Å². The minimum atomic E-state index is 0.